The van der Waals surface area contributed by atoms with Crippen LogP contribution in [0.25, 0.3) is 22.0 Å². The molecule has 1 heterocycles. The number of fused-ring (bicyclic) bond motifs is 1. The molecule has 4 aromatic rings. The predicted molar refractivity (Wildman–Crippen MR) is 112 cm³/mol. The van der Waals surface area contributed by atoms with E-state index in [1.165, 1.54) is 23.5 Å². The molecule has 0 aliphatic heterocycles. The molecule has 28 heavy (non-hydrogen) atoms. The molecule has 0 radical (unpaired) electrons. The highest BCUT2D eigenvalue weighted by molar-refractivity contribution is 7.07. The maximum Gasteiger partial charge on any atom is 0.205 e. The number of hydrogen-bond acceptors (Lipinski definition) is 4. The average molecular weight is 391 g/mol. The zero-order valence-electron chi connectivity index (χ0n) is 15.4. The van der Waals surface area contributed by atoms with Crippen LogP contribution in [0.3, 0.4) is 0 Å². The van der Waals surface area contributed by atoms with E-state index in [1.807, 2.05) is 48.7 Å². The van der Waals surface area contributed by atoms with Crippen LogP contribution in [0.15, 0.2) is 76.1 Å². The van der Waals surface area contributed by atoms with E-state index in [9.17, 15) is 9.50 Å². The SMILES string of the molecule is CN=c1scc(-c2ccc(F)cc2)n1N=C(C)c1ccc2ccccc2c1O. The van der Waals surface area contributed by atoms with E-state index in [-0.39, 0.29) is 11.6 Å². The van der Waals surface area contributed by atoms with Gasteiger partial charge in [-0.1, -0.05) is 30.3 Å². The molecule has 0 aliphatic carbocycles. The summed E-state index contributed by atoms with van der Waals surface area (Å²) in [6.45, 7) is 1.85. The first kappa shape index (κ1) is 18.1. The lowest BCUT2D eigenvalue weighted by Gasteiger charge is -2.09. The number of thiazole rings is 1. The van der Waals surface area contributed by atoms with Crippen LogP contribution in [0.1, 0.15) is 12.5 Å². The summed E-state index contributed by atoms with van der Waals surface area (Å²) in [7, 11) is 1.70. The summed E-state index contributed by atoms with van der Waals surface area (Å²) >= 11 is 1.45. The standard InChI is InChI=1S/C22H18FN3OS/c1-14(18-12-9-15-5-3-4-6-19(15)21(18)27)25-26-20(13-28-22(26)24-2)16-7-10-17(23)11-8-16/h3-13,27H,1-2H3. The van der Waals surface area contributed by atoms with Crippen LogP contribution in [0, 0.1) is 5.82 Å². The van der Waals surface area contributed by atoms with E-state index in [0.717, 1.165) is 22.0 Å². The van der Waals surface area contributed by atoms with E-state index >= 15 is 0 Å². The molecule has 1 aromatic heterocycles. The molecule has 0 unspecified atom stereocenters. The van der Waals surface area contributed by atoms with Gasteiger partial charge in [-0.05, 0) is 42.6 Å². The summed E-state index contributed by atoms with van der Waals surface area (Å²) in [5, 5.41) is 19.1. The first-order chi connectivity index (χ1) is 13.6. The van der Waals surface area contributed by atoms with Gasteiger partial charge in [-0.2, -0.15) is 5.10 Å². The zero-order valence-corrected chi connectivity index (χ0v) is 16.2. The number of rotatable bonds is 3. The topological polar surface area (TPSA) is 49.9 Å². The Bertz CT molecular complexity index is 1250. The first-order valence-corrected chi connectivity index (χ1v) is 9.62. The van der Waals surface area contributed by atoms with Gasteiger partial charge < -0.3 is 5.11 Å². The van der Waals surface area contributed by atoms with Crippen molar-refractivity contribution in [1.82, 2.24) is 4.68 Å². The Morgan fingerprint density at radius 2 is 1.79 bits per heavy atom. The quantitative estimate of drug-likeness (QED) is 0.490. The molecule has 0 fully saturated rings. The summed E-state index contributed by atoms with van der Waals surface area (Å²) in [6.07, 6.45) is 0. The van der Waals surface area contributed by atoms with Crippen LogP contribution < -0.4 is 4.80 Å². The van der Waals surface area contributed by atoms with E-state index in [2.05, 4.69) is 4.99 Å². The lowest BCUT2D eigenvalue weighted by molar-refractivity contribution is 0.480. The van der Waals surface area contributed by atoms with Gasteiger partial charge in [-0.25, -0.2) is 9.07 Å². The van der Waals surface area contributed by atoms with Crippen molar-refractivity contribution in [1.29, 1.82) is 0 Å². The molecule has 0 aliphatic rings. The maximum atomic E-state index is 13.3. The molecule has 4 rings (SSSR count). The number of nitrogens with zero attached hydrogens (tertiary/aromatic N) is 3. The molecule has 4 nitrogen and oxygen atoms in total. The monoisotopic (exact) mass is 391 g/mol. The maximum absolute atomic E-state index is 13.3. The third-order valence-electron chi connectivity index (χ3n) is 4.56. The number of hydrogen-bond donors (Lipinski definition) is 1. The molecule has 0 atom stereocenters. The number of halogens is 1. The highest BCUT2D eigenvalue weighted by Crippen LogP contribution is 2.29. The molecule has 0 saturated heterocycles. The highest BCUT2D eigenvalue weighted by Gasteiger charge is 2.12. The number of phenols is 1. The van der Waals surface area contributed by atoms with Crippen LogP contribution in [0.4, 0.5) is 4.39 Å². The second kappa shape index (κ2) is 7.40. The van der Waals surface area contributed by atoms with Crippen molar-refractivity contribution in [3.63, 3.8) is 0 Å². The fourth-order valence-electron chi connectivity index (χ4n) is 3.12. The fraction of sp³-hybridized carbons (Fsp3) is 0.0909. The van der Waals surface area contributed by atoms with Crippen LogP contribution in [-0.2, 0) is 0 Å². The van der Waals surface area contributed by atoms with E-state index in [1.54, 1.807) is 23.9 Å². The number of phenolic OH excluding ortho intramolecular Hbond substituents is 1. The van der Waals surface area contributed by atoms with Gasteiger partial charge in [0.15, 0.2) is 0 Å². The van der Waals surface area contributed by atoms with Gasteiger partial charge in [-0.15, -0.1) is 11.3 Å². The summed E-state index contributed by atoms with van der Waals surface area (Å²) in [6, 6.07) is 17.8. The molecular weight excluding hydrogens is 373 g/mol. The molecule has 6 heteroatoms. The van der Waals surface area contributed by atoms with E-state index in [4.69, 9.17) is 5.10 Å². The van der Waals surface area contributed by atoms with E-state index in [0.29, 0.717) is 16.1 Å². The van der Waals surface area contributed by atoms with Crippen LogP contribution >= 0.6 is 11.3 Å². The zero-order chi connectivity index (χ0) is 19.7. The second-order valence-electron chi connectivity index (χ2n) is 6.31. The van der Waals surface area contributed by atoms with Crippen LogP contribution in [-0.4, -0.2) is 22.5 Å². The van der Waals surface area contributed by atoms with Gasteiger partial charge in [-0.3, -0.25) is 4.99 Å². The average Bonchev–Trinajstić information content (AvgIpc) is 3.11. The molecule has 0 saturated carbocycles. The van der Waals surface area contributed by atoms with Crippen LogP contribution in [0.2, 0.25) is 0 Å². The lowest BCUT2D eigenvalue weighted by atomic mass is 10.0. The fourth-order valence-corrected chi connectivity index (χ4v) is 3.91. The Hall–Kier alpha value is -3.25. The minimum Gasteiger partial charge on any atom is -0.507 e. The minimum atomic E-state index is -0.285. The molecular formula is C22H18FN3OS. The molecule has 1 N–H and O–H groups in total. The number of aromatic hydroxyl groups is 1. The van der Waals surface area contributed by atoms with Gasteiger partial charge in [0.1, 0.15) is 11.6 Å². The van der Waals surface area contributed by atoms with Gasteiger partial charge in [0.05, 0.1) is 11.4 Å². The Morgan fingerprint density at radius 3 is 2.54 bits per heavy atom. The predicted octanol–water partition coefficient (Wildman–Crippen LogP) is 5.02. The Balaban J connectivity index is 1.86. The van der Waals surface area contributed by atoms with Gasteiger partial charge in [0.2, 0.25) is 4.80 Å². The summed E-state index contributed by atoms with van der Waals surface area (Å²) < 4.78 is 15.0. The smallest absolute Gasteiger partial charge is 0.205 e. The number of benzene rings is 3. The van der Waals surface area contributed by atoms with Gasteiger partial charge in [0, 0.05) is 28.9 Å². The third kappa shape index (κ3) is 3.23. The van der Waals surface area contributed by atoms with Gasteiger partial charge in [0.25, 0.3) is 0 Å². The van der Waals surface area contributed by atoms with Crippen molar-refractivity contribution < 1.29 is 9.50 Å². The minimum absolute atomic E-state index is 0.202. The molecule has 140 valence electrons. The van der Waals surface area contributed by atoms with Crippen molar-refractivity contribution in [3.05, 3.63) is 82.2 Å². The van der Waals surface area contributed by atoms with Crippen molar-refractivity contribution in [2.45, 2.75) is 6.92 Å². The lowest BCUT2D eigenvalue weighted by Crippen LogP contribution is -2.13. The van der Waals surface area contributed by atoms with E-state index < -0.39 is 0 Å². The molecule has 3 aromatic carbocycles. The second-order valence-corrected chi connectivity index (χ2v) is 7.15. The Morgan fingerprint density at radius 1 is 1.04 bits per heavy atom. The third-order valence-corrected chi connectivity index (χ3v) is 5.46. The normalized spacial score (nSPS) is 12.7. The molecule has 0 amide bonds. The first-order valence-electron chi connectivity index (χ1n) is 8.74. The number of aromatic nitrogens is 1. The van der Waals surface area contributed by atoms with Crippen molar-refractivity contribution in [2.75, 3.05) is 7.05 Å². The van der Waals surface area contributed by atoms with Crippen molar-refractivity contribution in [2.24, 2.45) is 10.1 Å². The summed E-state index contributed by atoms with van der Waals surface area (Å²) in [5.74, 6) is -0.0831. The highest BCUT2D eigenvalue weighted by atomic mass is 32.1. The summed E-state index contributed by atoms with van der Waals surface area (Å²) in [4.78, 5) is 5.00. The van der Waals surface area contributed by atoms with Crippen LogP contribution in [0.5, 0.6) is 5.75 Å². The Labute approximate surface area is 165 Å². The van der Waals surface area contributed by atoms with Crippen molar-refractivity contribution >= 4 is 27.8 Å². The van der Waals surface area contributed by atoms with Gasteiger partial charge >= 0.3 is 0 Å². The largest absolute Gasteiger partial charge is 0.507 e. The molecule has 0 spiro atoms. The summed E-state index contributed by atoms with van der Waals surface area (Å²) in [5.41, 5.74) is 2.96. The molecule has 0 bridgehead atoms. The van der Waals surface area contributed by atoms with Crippen molar-refractivity contribution in [3.8, 4) is 17.0 Å². The Kier molecular flexibility index (Phi) is 4.79.